The van der Waals surface area contributed by atoms with Gasteiger partial charge in [0.2, 0.25) is 0 Å². The maximum Gasteiger partial charge on any atom is 0.348 e. The average Bonchev–Trinajstić information content (AvgIpc) is 3.47. The molecule has 0 aliphatic carbocycles. The minimum Gasteiger partial charge on any atom is -0.465 e. The number of methoxy groups -OCH3 is 1. The summed E-state index contributed by atoms with van der Waals surface area (Å²) in [6, 6.07) is 3.39. The Morgan fingerprint density at radius 1 is 1.20 bits per heavy atom. The van der Waals surface area contributed by atoms with Gasteiger partial charge in [-0.1, -0.05) is 6.92 Å². The van der Waals surface area contributed by atoms with E-state index in [-0.39, 0.29) is 27.8 Å². The van der Waals surface area contributed by atoms with E-state index in [4.69, 9.17) is 13.9 Å². The first-order chi connectivity index (χ1) is 14.4. The lowest BCUT2D eigenvalue weighted by atomic mass is 10.1. The van der Waals surface area contributed by atoms with Crippen LogP contribution in [-0.2, 0) is 16.0 Å². The molecule has 1 N–H and O–H groups in total. The lowest BCUT2D eigenvalue weighted by Crippen LogP contribution is -2.18. The minimum absolute atomic E-state index is 0.141. The summed E-state index contributed by atoms with van der Waals surface area (Å²) in [5.74, 6) is -0.812. The Bertz CT molecular complexity index is 926. The van der Waals surface area contributed by atoms with E-state index in [0.29, 0.717) is 24.3 Å². The largest absolute Gasteiger partial charge is 0.465 e. The van der Waals surface area contributed by atoms with Gasteiger partial charge in [-0.25, -0.2) is 9.59 Å². The van der Waals surface area contributed by atoms with Crippen LogP contribution in [0.3, 0.4) is 0 Å². The molecule has 0 bridgehead atoms. The van der Waals surface area contributed by atoms with Crippen LogP contribution in [0.2, 0.25) is 0 Å². The van der Waals surface area contributed by atoms with Gasteiger partial charge in [-0.05, 0) is 57.0 Å². The van der Waals surface area contributed by atoms with E-state index in [0.717, 1.165) is 24.4 Å². The zero-order valence-corrected chi connectivity index (χ0v) is 18.2. The van der Waals surface area contributed by atoms with E-state index >= 15 is 0 Å². The Labute approximate surface area is 179 Å². The first kappa shape index (κ1) is 22.0. The molecule has 3 heterocycles. The number of nitrogens with zero attached hydrogens (tertiary/aromatic N) is 1. The van der Waals surface area contributed by atoms with Crippen molar-refractivity contribution in [3.05, 3.63) is 39.7 Å². The Morgan fingerprint density at radius 3 is 2.60 bits per heavy atom. The van der Waals surface area contributed by atoms with E-state index < -0.39 is 17.8 Å². The zero-order chi connectivity index (χ0) is 21.7. The standard InChI is InChI=1S/C21H26N2O6S/c1-4-11-28-20(25)16-13(2)17(21(26)27-3)30-19(16)22-18(24)15-8-7-14(29-15)12-23-9-5-6-10-23/h7-8H,4-6,9-12H2,1-3H3,(H,22,24). The molecular weight excluding hydrogens is 408 g/mol. The Morgan fingerprint density at radius 2 is 1.93 bits per heavy atom. The fourth-order valence-electron chi connectivity index (χ4n) is 3.31. The zero-order valence-electron chi connectivity index (χ0n) is 17.4. The number of ether oxygens (including phenoxy) is 2. The van der Waals surface area contributed by atoms with Crippen LogP contribution in [-0.4, -0.2) is 49.6 Å². The van der Waals surface area contributed by atoms with Crippen LogP contribution in [0, 0.1) is 6.92 Å². The van der Waals surface area contributed by atoms with E-state index in [1.165, 1.54) is 20.0 Å². The van der Waals surface area contributed by atoms with Crippen LogP contribution in [0.4, 0.5) is 5.00 Å². The van der Waals surface area contributed by atoms with Crippen LogP contribution < -0.4 is 5.32 Å². The highest BCUT2D eigenvalue weighted by atomic mass is 32.1. The molecule has 9 heteroatoms. The van der Waals surface area contributed by atoms with Gasteiger partial charge in [0.25, 0.3) is 5.91 Å². The average molecular weight is 435 g/mol. The number of nitrogens with one attached hydrogen (secondary N) is 1. The number of hydrogen-bond donors (Lipinski definition) is 1. The van der Waals surface area contributed by atoms with Gasteiger partial charge in [-0.3, -0.25) is 9.69 Å². The number of esters is 2. The SMILES string of the molecule is CCCOC(=O)c1c(NC(=O)c2ccc(CN3CCCC3)o2)sc(C(=O)OC)c1C. The number of amides is 1. The lowest BCUT2D eigenvalue weighted by Gasteiger charge is -2.11. The van der Waals surface area contributed by atoms with Crippen molar-refractivity contribution in [1.29, 1.82) is 0 Å². The molecule has 1 aliphatic rings. The molecule has 0 radical (unpaired) electrons. The quantitative estimate of drug-likeness (QED) is 0.630. The third-order valence-corrected chi connectivity index (χ3v) is 6.04. The molecule has 2 aromatic rings. The maximum absolute atomic E-state index is 12.7. The highest BCUT2D eigenvalue weighted by Crippen LogP contribution is 2.34. The summed E-state index contributed by atoms with van der Waals surface area (Å²) < 4.78 is 15.7. The third-order valence-electron chi connectivity index (χ3n) is 4.85. The topological polar surface area (TPSA) is 98.1 Å². The Balaban J connectivity index is 1.80. The molecular formula is C21H26N2O6S. The van der Waals surface area contributed by atoms with Crippen molar-refractivity contribution in [3.8, 4) is 0 Å². The minimum atomic E-state index is -0.592. The number of thiophene rings is 1. The lowest BCUT2D eigenvalue weighted by molar-refractivity contribution is 0.0506. The second-order valence-electron chi connectivity index (χ2n) is 7.09. The molecule has 0 saturated carbocycles. The number of furan rings is 1. The van der Waals surface area contributed by atoms with Crippen LogP contribution in [0.5, 0.6) is 0 Å². The normalized spacial score (nSPS) is 14.0. The summed E-state index contributed by atoms with van der Waals surface area (Å²) in [6.45, 7) is 6.46. The van der Waals surface area contributed by atoms with E-state index in [9.17, 15) is 14.4 Å². The number of likely N-dealkylation sites (tertiary alicyclic amines) is 1. The highest BCUT2D eigenvalue weighted by Gasteiger charge is 2.28. The van der Waals surface area contributed by atoms with Gasteiger partial charge in [0.15, 0.2) is 5.76 Å². The van der Waals surface area contributed by atoms with Crippen LogP contribution in [0.15, 0.2) is 16.5 Å². The van der Waals surface area contributed by atoms with Crippen molar-refractivity contribution in [2.75, 3.05) is 32.1 Å². The second-order valence-corrected chi connectivity index (χ2v) is 8.11. The molecule has 8 nitrogen and oxygen atoms in total. The van der Waals surface area contributed by atoms with Crippen LogP contribution >= 0.6 is 11.3 Å². The van der Waals surface area contributed by atoms with Crippen molar-refractivity contribution in [3.63, 3.8) is 0 Å². The third kappa shape index (κ3) is 4.91. The smallest absolute Gasteiger partial charge is 0.348 e. The van der Waals surface area contributed by atoms with Crippen LogP contribution in [0.1, 0.15) is 68.1 Å². The predicted molar refractivity (Wildman–Crippen MR) is 112 cm³/mol. The number of carbonyl (C=O) groups is 3. The van der Waals surface area contributed by atoms with Gasteiger partial charge in [0.1, 0.15) is 15.6 Å². The number of rotatable bonds is 8. The number of anilines is 1. The summed E-state index contributed by atoms with van der Waals surface area (Å²) in [5.41, 5.74) is 0.573. The Kier molecular flexibility index (Phi) is 7.28. The molecule has 162 valence electrons. The predicted octanol–water partition coefficient (Wildman–Crippen LogP) is 3.85. The van der Waals surface area contributed by atoms with Gasteiger partial charge >= 0.3 is 11.9 Å². The number of hydrogen-bond acceptors (Lipinski definition) is 8. The van der Waals surface area contributed by atoms with Gasteiger partial charge in [0.05, 0.1) is 25.8 Å². The van der Waals surface area contributed by atoms with Crippen molar-refractivity contribution >= 4 is 34.2 Å². The molecule has 1 aliphatic heterocycles. The molecule has 30 heavy (non-hydrogen) atoms. The van der Waals surface area contributed by atoms with Crippen LogP contribution in [0.25, 0.3) is 0 Å². The summed E-state index contributed by atoms with van der Waals surface area (Å²) in [4.78, 5) is 39.8. The first-order valence-corrected chi connectivity index (χ1v) is 10.8. The monoisotopic (exact) mass is 434 g/mol. The van der Waals surface area contributed by atoms with E-state index in [1.54, 1.807) is 19.1 Å². The summed E-state index contributed by atoms with van der Waals surface area (Å²) in [7, 11) is 1.26. The second kappa shape index (κ2) is 9.90. The molecule has 1 fully saturated rings. The van der Waals surface area contributed by atoms with E-state index in [2.05, 4.69) is 10.2 Å². The van der Waals surface area contributed by atoms with Gasteiger partial charge < -0.3 is 19.2 Å². The van der Waals surface area contributed by atoms with E-state index in [1.807, 2.05) is 6.92 Å². The van der Waals surface area contributed by atoms with Crippen molar-refractivity contribution in [1.82, 2.24) is 4.90 Å². The van der Waals surface area contributed by atoms with Gasteiger partial charge in [-0.15, -0.1) is 11.3 Å². The van der Waals surface area contributed by atoms with Crippen molar-refractivity contribution in [2.24, 2.45) is 0 Å². The number of carbonyl (C=O) groups excluding carboxylic acids is 3. The highest BCUT2D eigenvalue weighted by molar-refractivity contribution is 7.18. The first-order valence-electron chi connectivity index (χ1n) is 9.95. The van der Waals surface area contributed by atoms with Crippen molar-refractivity contribution < 1.29 is 28.3 Å². The Hall–Kier alpha value is -2.65. The fourth-order valence-corrected chi connectivity index (χ4v) is 4.42. The summed E-state index contributed by atoms with van der Waals surface area (Å²) >= 11 is 0.979. The van der Waals surface area contributed by atoms with Gasteiger partial charge in [0, 0.05) is 0 Å². The maximum atomic E-state index is 12.7. The summed E-state index contributed by atoms with van der Waals surface area (Å²) in [5, 5.41) is 2.93. The molecule has 3 rings (SSSR count). The molecule has 2 aromatic heterocycles. The molecule has 0 atom stereocenters. The molecule has 1 amide bonds. The molecule has 0 spiro atoms. The van der Waals surface area contributed by atoms with Gasteiger partial charge in [-0.2, -0.15) is 0 Å². The fraction of sp³-hybridized carbons (Fsp3) is 0.476. The molecule has 0 aromatic carbocycles. The van der Waals surface area contributed by atoms with Crippen molar-refractivity contribution in [2.45, 2.75) is 39.7 Å². The molecule has 0 unspecified atom stereocenters. The molecule has 1 saturated heterocycles. The summed E-state index contributed by atoms with van der Waals surface area (Å²) in [6.07, 6.45) is 3.00.